The molecule has 1 atom stereocenters. The lowest BCUT2D eigenvalue weighted by Gasteiger charge is -2.16. The third-order valence-electron chi connectivity index (χ3n) is 2.65. The monoisotopic (exact) mass is 263 g/mol. The molecular formula is C12H13N3O4. The summed E-state index contributed by atoms with van der Waals surface area (Å²) >= 11 is 0. The number of anilines is 1. The molecule has 0 aliphatic carbocycles. The largest absolute Gasteiger partial charge is 0.399 e. The van der Waals surface area contributed by atoms with Crippen molar-refractivity contribution < 1.29 is 9.53 Å². The van der Waals surface area contributed by atoms with E-state index in [-0.39, 0.29) is 6.61 Å². The molecule has 0 amide bonds. The minimum Gasteiger partial charge on any atom is -0.399 e. The van der Waals surface area contributed by atoms with Crippen LogP contribution in [-0.2, 0) is 9.53 Å². The maximum absolute atomic E-state index is 11.9. The number of aromatic nitrogens is 2. The molecule has 7 heteroatoms. The Bertz CT molecular complexity index is 732. The fourth-order valence-corrected chi connectivity index (χ4v) is 1.85. The number of aldehydes is 1. The van der Waals surface area contributed by atoms with Gasteiger partial charge in [0.25, 0.3) is 0 Å². The van der Waals surface area contributed by atoms with Crippen molar-refractivity contribution in [2.45, 2.75) is 13.2 Å². The van der Waals surface area contributed by atoms with Gasteiger partial charge in [-0.2, -0.15) is 0 Å². The lowest BCUT2D eigenvalue weighted by atomic mass is 10.2. The summed E-state index contributed by atoms with van der Waals surface area (Å²) in [4.78, 5) is 37.0. The van der Waals surface area contributed by atoms with Gasteiger partial charge < -0.3 is 15.5 Å². The van der Waals surface area contributed by atoms with Crippen LogP contribution in [0.5, 0.6) is 0 Å². The van der Waals surface area contributed by atoms with Gasteiger partial charge in [-0.25, -0.2) is 0 Å². The summed E-state index contributed by atoms with van der Waals surface area (Å²) in [6.07, 6.45) is -0.684. The van der Waals surface area contributed by atoms with Crippen LogP contribution in [0.3, 0.4) is 0 Å². The van der Waals surface area contributed by atoms with Crippen LogP contribution in [0.25, 0.3) is 11.0 Å². The summed E-state index contributed by atoms with van der Waals surface area (Å²) in [7, 11) is 0. The molecule has 2 rings (SSSR count). The highest BCUT2D eigenvalue weighted by molar-refractivity contribution is 5.79. The quantitative estimate of drug-likeness (QED) is 0.459. The number of carbonyl (C=O) groups is 1. The number of nitrogen functional groups attached to an aromatic ring is 1. The van der Waals surface area contributed by atoms with Crippen molar-refractivity contribution >= 4 is 23.0 Å². The number of H-pyrrole nitrogens is 1. The highest BCUT2D eigenvalue weighted by atomic mass is 16.5. The van der Waals surface area contributed by atoms with Crippen molar-refractivity contribution in [2.24, 2.45) is 0 Å². The zero-order valence-corrected chi connectivity index (χ0v) is 10.3. The predicted octanol–water partition coefficient (Wildman–Crippen LogP) is 0.00600. The lowest BCUT2D eigenvalue weighted by Crippen LogP contribution is -2.39. The number of nitrogens with zero attached hydrogens (tertiary/aromatic N) is 1. The van der Waals surface area contributed by atoms with E-state index in [2.05, 4.69) is 4.98 Å². The topological polar surface area (TPSA) is 107 Å². The van der Waals surface area contributed by atoms with E-state index in [1.807, 2.05) is 0 Å². The molecule has 0 aliphatic heterocycles. The van der Waals surface area contributed by atoms with Crippen LogP contribution >= 0.6 is 0 Å². The fourth-order valence-electron chi connectivity index (χ4n) is 1.85. The molecule has 1 heterocycles. The van der Waals surface area contributed by atoms with Crippen LogP contribution in [0.4, 0.5) is 5.69 Å². The van der Waals surface area contributed by atoms with E-state index in [9.17, 15) is 14.4 Å². The first-order valence-electron chi connectivity index (χ1n) is 5.69. The fraction of sp³-hybridized carbons (Fsp3) is 0.250. The van der Waals surface area contributed by atoms with Crippen molar-refractivity contribution in [1.29, 1.82) is 0 Å². The molecule has 0 radical (unpaired) electrons. The Kier molecular flexibility index (Phi) is 3.48. The summed E-state index contributed by atoms with van der Waals surface area (Å²) in [5, 5.41) is 0. The van der Waals surface area contributed by atoms with E-state index in [0.717, 1.165) is 4.57 Å². The first kappa shape index (κ1) is 13.0. The molecule has 0 saturated heterocycles. The van der Waals surface area contributed by atoms with Crippen LogP contribution in [0.15, 0.2) is 27.8 Å². The Hall–Kier alpha value is -2.41. The lowest BCUT2D eigenvalue weighted by molar-refractivity contribution is -0.123. The zero-order chi connectivity index (χ0) is 14.0. The number of hydrogen-bond donors (Lipinski definition) is 2. The second-order valence-electron chi connectivity index (χ2n) is 3.89. The molecule has 1 aromatic heterocycles. The van der Waals surface area contributed by atoms with Gasteiger partial charge in [0.05, 0.1) is 11.0 Å². The molecule has 100 valence electrons. The van der Waals surface area contributed by atoms with E-state index in [0.29, 0.717) is 23.0 Å². The van der Waals surface area contributed by atoms with E-state index in [1.54, 1.807) is 19.1 Å². The molecule has 0 saturated carbocycles. The molecule has 0 fully saturated rings. The molecule has 7 nitrogen and oxygen atoms in total. The van der Waals surface area contributed by atoms with Gasteiger partial charge in [0, 0.05) is 12.3 Å². The molecular weight excluding hydrogens is 250 g/mol. The molecule has 1 aromatic carbocycles. The van der Waals surface area contributed by atoms with Crippen LogP contribution in [0, 0.1) is 0 Å². The SMILES string of the molecule is CCOC(C=O)n1c(=O)c(=O)[nH]c2ccc(N)cc21. The number of carbonyl (C=O) groups excluding carboxylic acids is 1. The summed E-state index contributed by atoms with van der Waals surface area (Å²) in [5.74, 6) is 0. The van der Waals surface area contributed by atoms with Gasteiger partial charge in [0.1, 0.15) is 0 Å². The molecule has 3 N–H and O–H groups in total. The first-order valence-corrected chi connectivity index (χ1v) is 5.69. The number of nitrogens with two attached hydrogens (primary N) is 1. The van der Waals surface area contributed by atoms with Crippen molar-refractivity contribution in [2.75, 3.05) is 12.3 Å². The third-order valence-corrected chi connectivity index (χ3v) is 2.65. The van der Waals surface area contributed by atoms with Crippen molar-refractivity contribution in [3.63, 3.8) is 0 Å². The van der Waals surface area contributed by atoms with E-state index in [1.165, 1.54) is 6.07 Å². The molecule has 2 aromatic rings. The minimum absolute atomic E-state index is 0.229. The van der Waals surface area contributed by atoms with E-state index >= 15 is 0 Å². The summed E-state index contributed by atoms with van der Waals surface area (Å²) in [6, 6.07) is 4.65. The maximum Gasteiger partial charge on any atom is 0.319 e. The normalized spacial score (nSPS) is 12.5. The van der Waals surface area contributed by atoms with Crippen molar-refractivity contribution in [1.82, 2.24) is 9.55 Å². The minimum atomic E-state index is -1.15. The van der Waals surface area contributed by atoms with Gasteiger partial charge in [0.15, 0.2) is 12.5 Å². The van der Waals surface area contributed by atoms with Gasteiger partial charge in [-0.05, 0) is 25.1 Å². The number of rotatable bonds is 4. The molecule has 0 bridgehead atoms. The van der Waals surface area contributed by atoms with Crippen LogP contribution in [-0.4, -0.2) is 22.4 Å². The Morgan fingerprint density at radius 3 is 2.84 bits per heavy atom. The second kappa shape index (κ2) is 5.07. The number of aromatic amines is 1. The van der Waals surface area contributed by atoms with Gasteiger partial charge in [-0.1, -0.05) is 0 Å². The average molecular weight is 263 g/mol. The summed E-state index contributed by atoms with van der Waals surface area (Å²) in [5.41, 5.74) is 5.15. The summed E-state index contributed by atoms with van der Waals surface area (Å²) in [6.45, 7) is 1.91. The first-order chi connectivity index (χ1) is 9.08. The molecule has 19 heavy (non-hydrogen) atoms. The average Bonchev–Trinajstić information content (AvgIpc) is 2.39. The Balaban J connectivity index is 2.86. The highest BCUT2D eigenvalue weighted by Gasteiger charge is 2.16. The number of nitrogens with one attached hydrogen (secondary N) is 1. The number of hydrogen-bond acceptors (Lipinski definition) is 5. The molecule has 0 spiro atoms. The van der Waals surface area contributed by atoms with Crippen molar-refractivity contribution in [3.05, 3.63) is 38.9 Å². The van der Waals surface area contributed by atoms with Gasteiger partial charge in [0.2, 0.25) is 0 Å². The molecule has 0 aliphatic rings. The maximum atomic E-state index is 11.9. The predicted molar refractivity (Wildman–Crippen MR) is 70.0 cm³/mol. The Morgan fingerprint density at radius 2 is 2.21 bits per heavy atom. The van der Waals surface area contributed by atoms with Crippen LogP contribution in [0.2, 0.25) is 0 Å². The van der Waals surface area contributed by atoms with Gasteiger partial charge in [-0.15, -0.1) is 0 Å². The van der Waals surface area contributed by atoms with Gasteiger partial charge >= 0.3 is 11.1 Å². The highest BCUT2D eigenvalue weighted by Crippen LogP contribution is 2.16. The van der Waals surface area contributed by atoms with Crippen LogP contribution in [0.1, 0.15) is 13.2 Å². The van der Waals surface area contributed by atoms with E-state index in [4.69, 9.17) is 10.5 Å². The number of ether oxygens (including phenoxy) is 1. The number of benzene rings is 1. The van der Waals surface area contributed by atoms with E-state index < -0.39 is 17.3 Å². The zero-order valence-electron chi connectivity index (χ0n) is 10.3. The van der Waals surface area contributed by atoms with Crippen LogP contribution < -0.4 is 16.9 Å². The number of fused-ring (bicyclic) bond motifs is 1. The Morgan fingerprint density at radius 1 is 1.47 bits per heavy atom. The summed E-state index contributed by atoms with van der Waals surface area (Å²) < 4.78 is 6.16. The van der Waals surface area contributed by atoms with Gasteiger partial charge in [-0.3, -0.25) is 19.0 Å². The smallest absolute Gasteiger partial charge is 0.319 e. The standard InChI is InChI=1S/C12H13N3O4/c1-2-19-10(6-16)15-9-5-7(13)3-4-8(9)14-11(17)12(15)18/h3-6,10H,2,13H2,1H3,(H,14,17). The second-order valence-corrected chi connectivity index (χ2v) is 3.89. The molecule has 1 unspecified atom stereocenters. The Labute approximate surface area is 107 Å². The third kappa shape index (κ3) is 2.27. The van der Waals surface area contributed by atoms with Crippen molar-refractivity contribution in [3.8, 4) is 0 Å².